The van der Waals surface area contributed by atoms with Gasteiger partial charge in [0.05, 0.1) is 0 Å². The lowest BCUT2D eigenvalue weighted by molar-refractivity contribution is -0.131. The molecule has 0 saturated carbocycles. The lowest BCUT2D eigenvalue weighted by Gasteiger charge is -2.01. The molecule has 0 aliphatic carbocycles. The van der Waals surface area contributed by atoms with E-state index in [-0.39, 0.29) is 5.82 Å². The summed E-state index contributed by atoms with van der Waals surface area (Å²) >= 11 is 3.18. The van der Waals surface area contributed by atoms with Crippen molar-refractivity contribution in [2.24, 2.45) is 0 Å². The van der Waals surface area contributed by atoms with E-state index >= 15 is 0 Å². The monoisotopic (exact) mass is 258 g/mol. The van der Waals surface area contributed by atoms with E-state index in [0.717, 1.165) is 6.08 Å². The first-order valence-corrected chi connectivity index (χ1v) is 4.66. The molecule has 2 nitrogen and oxygen atoms in total. The molecule has 0 radical (unpaired) electrons. The van der Waals surface area contributed by atoms with Crippen LogP contribution in [0.1, 0.15) is 11.1 Å². The number of halogens is 2. The molecule has 4 heteroatoms. The van der Waals surface area contributed by atoms with Gasteiger partial charge in [0.1, 0.15) is 5.82 Å². The number of rotatable bonds is 2. The Hall–Kier alpha value is -1.16. The molecule has 0 heterocycles. The summed E-state index contributed by atoms with van der Waals surface area (Å²) in [4.78, 5) is 10.2. The normalized spacial score (nSPS) is 10.8. The summed E-state index contributed by atoms with van der Waals surface area (Å²) in [6, 6.07) is 2.96. The Morgan fingerprint density at radius 2 is 2.21 bits per heavy atom. The van der Waals surface area contributed by atoms with Gasteiger partial charge in [-0.15, -0.1) is 0 Å². The third-order valence-electron chi connectivity index (χ3n) is 1.72. The Balaban J connectivity index is 3.07. The van der Waals surface area contributed by atoms with Gasteiger partial charge in [0.15, 0.2) is 0 Å². The molecular formula is C10H8BrFO2. The maximum Gasteiger partial charge on any atom is 0.328 e. The molecule has 0 aromatic heterocycles. The molecule has 1 aromatic carbocycles. The average Bonchev–Trinajstić information content (AvgIpc) is 2.10. The Labute approximate surface area is 89.2 Å². The lowest BCUT2D eigenvalue weighted by Crippen LogP contribution is -1.88. The highest BCUT2D eigenvalue weighted by Gasteiger charge is 2.03. The van der Waals surface area contributed by atoms with Crippen LogP contribution >= 0.6 is 15.9 Å². The van der Waals surface area contributed by atoms with Crippen LogP contribution in [0, 0.1) is 12.7 Å². The number of carbonyl (C=O) groups is 1. The van der Waals surface area contributed by atoms with Gasteiger partial charge in [0.25, 0.3) is 0 Å². The Morgan fingerprint density at radius 3 is 2.71 bits per heavy atom. The van der Waals surface area contributed by atoms with E-state index in [1.807, 2.05) is 0 Å². The summed E-state index contributed by atoms with van der Waals surface area (Å²) in [5.41, 5.74) is 1.03. The van der Waals surface area contributed by atoms with Crippen molar-refractivity contribution in [3.8, 4) is 0 Å². The zero-order valence-corrected chi connectivity index (χ0v) is 9.01. The quantitative estimate of drug-likeness (QED) is 0.829. The Morgan fingerprint density at radius 1 is 1.57 bits per heavy atom. The van der Waals surface area contributed by atoms with E-state index in [0.29, 0.717) is 15.6 Å². The second kappa shape index (κ2) is 4.37. The molecule has 0 amide bonds. The molecule has 0 aliphatic rings. The zero-order chi connectivity index (χ0) is 10.7. The number of aliphatic carboxylic acids is 1. The number of carboxylic acid groups (broad SMARTS) is 1. The van der Waals surface area contributed by atoms with E-state index in [2.05, 4.69) is 15.9 Å². The van der Waals surface area contributed by atoms with E-state index in [1.165, 1.54) is 12.1 Å². The van der Waals surface area contributed by atoms with Crippen molar-refractivity contribution in [2.75, 3.05) is 0 Å². The van der Waals surface area contributed by atoms with Crippen LogP contribution in [0.4, 0.5) is 4.39 Å². The van der Waals surface area contributed by atoms with Gasteiger partial charge in [-0.3, -0.25) is 0 Å². The van der Waals surface area contributed by atoms with Crippen molar-refractivity contribution >= 4 is 28.0 Å². The molecule has 0 spiro atoms. The highest BCUT2D eigenvalue weighted by molar-refractivity contribution is 9.10. The molecule has 0 atom stereocenters. The van der Waals surface area contributed by atoms with Crippen LogP contribution in [-0.2, 0) is 4.79 Å². The Bertz CT molecular complexity index is 376. The largest absolute Gasteiger partial charge is 0.478 e. The van der Waals surface area contributed by atoms with Crippen molar-refractivity contribution in [1.29, 1.82) is 0 Å². The summed E-state index contributed by atoms with van der Waals surface area (Å²) < 4.78 is 13.8. The van der Waals surface area contributed by atoms with Crippen LogP contribution in [-0.4, -0.2) is 11.1 Å². The molecular weight excluding hydrogens is 251 g/mol. The molecule has 1 aromatic rings. The van der Waals surface area contributed by atoms with Crippen molar-refractivity contribution in [1.82, 2.24) is 0 Å². The standard InChI is InChI=1S/C10H8BrFO2/c1-6-8(11)4-7(5-9(6)12)2-3-10(13)14/h2-5H,1H3,(H,13,14)/b3-2+. The van der Waals surface area contributed by atoms with E-state index in [4.69, 9.17) is 5.11 Å². The molecule has 0 saturated heterocycles. The van der Waals surface area contributed by atoms with Crippen LogP contribution in [0.2, 0.25) is 0 Å². The predicted octanol–water partition coefficient (Wildman–Crippen LogP) is 2.99. The maximum absolute atomic E-state index is 13.2. The fourth-order valence-corrected chi connectivity index (χ4v) is 1.38. The second-order valence-corrected chi connectivity index (χ2v) is 3.64. The minimum absolute atomic E-state index is 0.357. The fraction of sp³-hybridized carbons (Fsp3) is 0.100. The van der Waals surface area contributed by atoms with Gasteiger partial charge in [0, 0.05) is 10.5 Å². The third-order valence-corrected chi connectivity index (χ3v) is 2.55. The number of carboxylic acids is 1. The summed E-state index contributed by atoms with van der Waals surface area (Å²) in [7, 11) is 0. The molecule has 0 aliphatic heterocycles. The van der Waals surface area contributed by atoms with Gasteiger partial charge in [-0.1, -0.05) is 15.9 Å². The van der Waals surface area contributed by atoms with Gasteiger partial charge >= 0.3 is 5.97 Å². The van der Waals surface area contributed by atoms with Gasteiger partial charge in [-0.25, -0.2) is 9.18 Å². The molecule has 0 unspecified atom stereocenters. The van der Waals surface area contributed by atoms with Crippen molar-refractivity contribution in [3.05, 3.63) is 39.6 Å². The SMILES string of the molecule is Cc1c(F)cc(/C=C/C(=O)O)cc1Br. The highest BCUT2D eigenvalue weighted by atomic mass is 79.9. The first-order valence-electron chi connectivity index (χ1n) is 3.87. The number of hydrogen-bond acceptors (Lipinski definition) is 1. The maximum atomic E-state index is 13.2. The van der Waals surface area contributed by atoms with Crippen LogP contribution in [0.15, 0.2) is 22.7 Å². The van der Waals surface area contributed by atoms with E-state index < -0.39 is 5.97 Å². The highest BCUT2D eigenvalue weighted by Crippen LogP contribution is 2.21. The topological polar surface area (TPSA) is 37.3 Å². The first kappa shape index (κ1) is 10.9. The summed E-state index contributed by atoms with van der Waals surface area (Å²) in [5, 5.41) is 8.38. The van der Waals surface area contributed by atoms with Crippen LogP contribution in [0.25, 0.3) is 6.08 Å². The van der Waals surface area contributed by atoms with Gasteiger partial charge in [-0.05, 0) is 36.3 Å². The first-order chi connectivity index (χ1) is 6.50. The molecule has 74 valence electrons. The average molecular weight is 259 g/mol. The minimum Gasteiger partial charge on any atom is -0.478 e. The van der Waals surface area contributed by atoms with Crippen molar-refractivity contribution < 1.29 is 14.3 Å². The van der Waals surface area contributed by atoms with Gasteiger partial charge in [-0.2, -0.15) is 0 Å². The third kappa shape index (κ3) is 2.67. The Kier molecular flexibility index (Phi) is 3.41. The fourth-order valence-electron chi connectivity index (χ4n) is 0.929. The van der Waals surface area contributed by atoms with E-state index in [9.17, 15) is 9.18 Å². The second-order valence-electron chi connectivity index (χ2n) is 2.78. The van der Waals surface area contributed by atoms with Crippen molar-refractivity contribution in [3.63, 3.8) is 0 Å². The molecule has 1 N–H and O–H groups in total. The number of benzene rings is 1. The van der Waals surface area contributed by atoms with Crippen LogP contribution in [0.5, 0.6) is 0 Å². The lowest BCUT2D eigenvalue weighted by atomic mass is 10.1. The number of hydrogen-bond donors (Lipinski definition) is 1. The van der Waals surface area contributed by atoms with Crippen molar-refractivity contribution in [2.45, 2.75) is 6.92 Å². The summed E-state index contributed by atoms with van der Waals surface area (Å²) in [6.45, 7) is 1.64. The molecule has 0 bridgehead atoms. The minimum atomic E-state index is -1.05. The molecule has 14 heavy (non-hydrogen) atoms. The summed E-state index contributed by atoms with van der Waals surface area (Å²) in [6.07, 6.45) is 2.31. The van der Waals surface area contributed by atoms with Gasteiger partial charge in [0.2, 0.25) is 0 Å². The van der Waals surface area contributed by atoms with E-state index in [1.54, 1.807) is 13.0 Å². The zero-order valence-electron chi connectivity index (χ0n) is 7.42. The molecule has 0 fully saturated rings. The van der Waals surface area contributed by atoms with Crippen LogP contribution < -0.4 is 0 Å². The van der Waals surface area contributed by atoms with Crippen LogP contribution in [0.3, 0.4) is 0 Å². The summed E-state index contributed by atoms with van der Waals surface area (Å²) in [5.74, 6) is -1.41. The molecule has 1 rings (SSSR count). The predicted molar refractivity (Wildman–Crippen MR) is 55.5 cm³/mol. The van der Waals surface area contributed by atoms with Gasteiger partial charge < -0.3 is 5.11 Å². The smallest absolute Gasteiger partial charge is 0.328 e.